The van der Waals surface area contributed by atoms with Crippen molar-refractivity contribution < 1.29 is 4.79 Å². The highest BCUT2D eigenvalue weighted by Crippen LogP contribution is 2.28. The van der Waals surface area contributed by atoms with Crippen LogP contribution in [0.3, 0.4) is 0 Å². The lowest BCUT2D eigenvalue weighted by Crippen LogP contribution is -2.27. The number of carbonyl (C=O) groups is 1. The molecule has 0 aliphatic carbocycles. The molecule has 3 aromatic carbocycles. The molecule has 0 atom stereocenters. The van der Waals surface area contributed by atoms with Gasteiger partial charge in [-0.05, 0) is 37.0 Å². The molecule has 0 radical (unpaired) electrons. The highest BCUT2D eigenvalue weighted by atomic mass is 16.1. The minimum Gasteiger partial charge on any atom is -0.356 e. The van der Waals surface area contributed by atoms with Crippen molar-refractivity contribution in [2.75, 3.05) is 6.54 Å². The van der Waals surface area contributed by atoms with E-state index in [1.807, 2.05) is 18.2 Å². The van der Waals surface area contributed by atoms with Gasteiger partial charge in [-0.15, -0.1) is 0 Å². The Balaban J connectivity index is 1.68. The van der Waals surface area contributed by atoms with E-state index in [9.17, 15) is 4.79 Å². The summed E-state index contributed by atoms with van der Waals surface area (Å²) < 4.78 is 0. The molecule has 0 aliphatic heterocycles. The molecular weight excluding hydrogens is 330 g/mol. The molecule has 0 unspecified atom stereocenters. The molecule has 27 heavy (non-hydrogen) atoms. The predicted molar refractivity (Wildman–Crippen MR) is 112 cm³/mol. The number of amides is 1. The molecule has 138 valence electrons. The third kappa shape index (κ3) is 5.55. The lowest BCUT2D eigenvalue weighted by Gasteiger charge is -2.18. The fraction of sp³-hybridized carbons (Fsp3) is 0.240. The molecule has 0 saturated heterocycles. The third-order valence-electron chi connectivity index (χ3n) is 4.93. The van der Waals surface area contributed by atoms with Crippen LogP contribution in [-0.4, -0.2) is 12.5 Å². The fourth-order valence-electron chi connectivity index (χ4n) is 3.27. The Labute approximate surface area is 162 Å². The summed E-state index contributed by atoms with van der Waals surface area (Å²) in [7, 11) is 0. The van der Waals surface area contributed by atoms with E-state index in [0.717, 1.165) is 6.42 Å². The molecule has 1 amide bonds. The van der Waals surface area contributed by atoms with Crippen LogP contribution in [0.15, 0.2) is 78.9 Å². The van der Waals surface area contributed by atoms with Crippen molar-refractivity contribution in [1.29, 1.82) is 0 Å². The maximum absolute atomic E-state index is 12.6. The second-order valence-electron chi connectivity index (χ2n) is 7.16. The maximum atomic E-state index is 12.6. The Hall–Kier alpha value is -2.87. The normalized spacial score (nSPS) is 10.8. The van der Waals surface area contributed by atoms with Gasteiger partial charge in [-0.1, -0.05) is 90.0 Å². The van der Waals surface area contributed by atoms with Gasteiger partial charge in [0.05, 0.1) is 0 Å². The van der Waals surface area contributed by atoms with Gasteiger partial charge in [-0.3, -0.25) is 4.79 Å². The van der Waals surface area contributed by atoms with Crippen LogP contribution in [0.4, 0.5) is 0 Å². The number of aryl methyl sites for hydroxylation is 2. The molecule has 0 heterocycles. The minimum atomic E-state index is 0.0722. The van der Waals surface area contributed by atoms with Gasteiger partial charge in [0.2, 0.25) is 5.91 Å². The molecule has 2 heteroatoms. The number of hydrogen-bond donors (Lipinski definition) is 1. The number of carbonyl (C=O) groups excluding carboxylic acids is 1. The van der Waals surface area contributed by atoms with Crippen molar-refractivity contribution in [2.45, 2.75) is 32.6 Å². The summed E-state index contributed by atoms with van der Waals surface area (Å²) in [6.07, 6.45) is 1.31. The van der Waals surface area contributed by atoms with Crippen molar-refractivity contribution in [2.24, 2.45) is 0 Å². The van der Waals surface area contributed by atoms with Crippen LogP contribution in [-0.2, 0) is 11.2 Å². The standard InChI is InChI=1S/C25H27NO/c1-19-8-12-22(13-9-19)24(23-14-10-20(2)11-15-23)18-25(27)26-17-16-21-6-4-3-5-7-21/h3-15,24H,16-18H2,1-2H3,(H,26,27). The van der Waals surface area contributed by atoms with Gasteiger partial charge in [0.15, 0.2) is 0 Å². The van der Waals surface area contributed by atoms with Crippen molar-refractivity contribution in [3.8, 4) is 0 Å². The first-order valence-electron chi connectivity index (χ1n) is 9.55. The second-order valence-corrected chi connectivity index (χ2v) is 7.16. The smallest absolute Gasteiger partial charge is 0.220 e. The average Bonchev–Trinajstić information content (AvgIpc) is 2.69. The van der Waals surface area contributed by atoms with Crippen molar-refractivity contribution in [3.05, 3.63) is 107 Å². The molecule has 0 saturated carbocycles. The highest BCUT2D eigenvalue weighted by molar-refractivity contribution is 5.77. The number of nitrogens with one attached hydrogen (secondary N) is 1. The van der Waals surface area contributed by atoms with Crippen LogP contribution in [0, 0.1) is 13.8 Å². The Kier molecular flexibility index (Phi) is 6.43. The second kappa shape index (κ2) is 9.18. The Bertz CT molecular complexity index is 806. The average molecular weight is 357 g/mol. The first-order valence-corrected chi connectivity index (χ1v) is 9.55. The molecule has 0 fully saturated rings. The van der Waals surface area contributed by atoms with Gasteiger partial charge in [0.1, 0.15) is 0 Å². The van der Waals surface area contributed by atoms with Gasteiger partial charge in [-0.25, -0.2) is 0 Å². The lowest BCUT2D eigenvalue weighted by atomic mass is 9.87. The summed E-state index contributed by atoms with van der Waals surface area (Å²) in [6, 6.07) is 27.3. The first-order chi connectivity index (χ1) is 13.1. The molecule has 1 N–H and O–H groups in total. The molecule has 0 spiro atoms. The summed E-state index contributed by atoms with van der Waals surface area (Å²) in [4.78, 5) is 12.6. The quantitative estimate of drug-likeness (QED) is 0.620. The molecule has 0 bridgehead atoms. The van der Waals surface area contributed by atoms with Gasteiger partial charge >= 0.3 is 0 Å². The molecular formula is C25H27NO. The first kappa shape index (κ1) is 18.9. The number of benzene rings is 3. The number of hydrogen-bond acceptors (Lipinski definition) is 1. The fourth-order valence-corrected chi connectivity index (χ4v) is 3.27. The summed E-state index contributed by atoms with van der Waals surface area (Å²) in [5.41, 5.74) is 6.07. The van der Waals surface area contributed by atoms with Crippen LogP contribution in [0.2, 0.25) is 0 Å². The van der Waals surface area contributed by atoms with Crippen LogP contribution < -0.4 is 5.32 Å². The SMILES string of the molecule is Cc1ccc(C(CC(=O)NCCc2ccccc2)c2ccc(C)cc2)cc1. The zero-order valence-corrected chi connectivity index (χ0v) is 16.1. The predicted octanol–water partition coefficient (Wildman–Crippen LogP) is 5.18. The van der Waals surface area contributed by atoms with Crippen molar-refractivity contribution in [1.82, 2.24) is 5.32 Å². The van der Waals surface area contributed by atoms with Crippen LogP contribution in [0.1, 0.15) is 40.2 Å². The van der Waals surface area contributed by atoms with E-state index in [0.29, 0.717) is 13.0 Å². The van der Waals surface area contributed by atoms with Crippen molar-refractivity contribution >= 4 is 5.91 Å². The zero-order chi connectivity index (χ0) is 19.1. The van der Waals surface area contributed by atoms with Crippen LogP contribution >= 0.6 is 0 Å². The molecule has 3 rings (SSSR count). The molecule has 3 aromatic rings. The summed E-state index contributed by atoms with van der Waals surface area (Å²) >= 11 is 0. The third-order valence-corrected chi connectivity index (χ3v) is 4.93. The topological polar surface area (TPSA) is 29.1 Å². The largest absolute Gasteiger partial charge is 0.356 e. The maximum Gasteiger partial charge on any atom is 0.220 e. The van der Waals surface area contributed by atoms with E-state index in [1.54, 1.807) is 0 Å². The number of rotatable bonds is 7. The Morgan fingerprint density at radius 3 is 1.81 bits per heavy atom. The summed E-state index contributed by atoms with van der Waals surface area (Å²) in [5.74, 6) is 0.167. The van der Waals surface area contributed by atoms with Crippen molar-refractivity contribution in [3.63, 3.8) is 0 Å². The zero-order valence-electron chi connectivity index (χ0n) is 16.1. The van der Waals surface area contributed by atoms with E-state index in [-0.39, 0.29) is 11.8 Å². The van der Waals surface area contributed by atoms with E-state index in [4.69, 9.17) is 0 Å². The van der Waals surface area contributed by atoms with E-state index in [1.165, 1.54) is 27.8 Å². The molecule has 0 aliphatic rings. The van der Waals surface area contributed by atoms with E-state index >= 15 is 0 Å². The minimum absolute atomic E-state index is 0.0722. The Morgan fingerprint density at radius 2 is 1.30 bits per heavy atom. The van der Waals surface area contributed by atoms with E-state index in [2.05, 4.69) is 79.8 Å². The Morgan fingerprint density at radius 1 is 0.778 bits per heavy atom. The van der Waals surface area contributed by atoms with Gasteiger partial charge < -0.3 is 5.32 Å². The van der Waals surface area contributed by atoms with Gasteiger partial charge in [-0.2, -0.15) is 0 Å². The summed E-state index contributed by atoms with van der Waals surface area (Å²) in [5, 5.41) is 3.08. The van der Waals surface area contributed by atoms with Gasteiger partial charge in [0.25, 0.3) is 0 Å². The molecule has 0 aromatic heterocycles. The highest BCUT2D eigenvalue weighted by Gasteiger charge is 2.18. The monoisotopic (exact) mass is 357 g/mol. The van der Waals surface area contributed by atoms with Crippen LogP contribution in [0.25, 0.3) is 0 Å². The molecule has 2 nitrogen and oxygen atoms in total. The summed E-state index contributed by atoms with van der Waals surface area (Å²) in [6.45, 7) is 4.83. The van der Waals surface area contributed by atoms with Crippen LogP contribution in [0.5, 0.6) is 0 Å². The lowest BCUT2D eigenvalue weighted by molar-refractivity contribution is -0.121. The van der Waals surface area contributed by atoms with E-state index < -0.39 is 0 Å². The van der Waals surface area contributed by atoms with Gasteiger partial charge in [0, 0.05) is 18.9 Å².